The van der Waals surface area contributed by atoms with Crippen LogP contribution >= 0.6 is 11.3 Å². The van der Waals surface area contributed by atoms with Crippen molar-refractivity contribution in [3.63, 3.8) is 0 Å². The summed E-state index contributed by atoms with van der Waals surface area (Å²) in [5.74, 6) is 0.583. The number of carbonyl (C=O) groups is 1. The molecule has 2 aromatic heterocycles. The predicted octanol–water partition coefficient (Wildman–Crippen LogP) is 5.59. The van der Waals surface area contributed by atoms with Gasteiger partial charge in [-0.3, -0.25) is 4.79 Å². The zero-order valence-electron chi connectivity index (χ0n) is 18.5. The van der Waals surface area contributed by atoms with E-state index >= 15 is 0 Å². The van der Waals surface area contributed by atoms with Crippen LogP contribution in [0.25, 0.3) is 21.3 Å². The van der Waals surface area contributed by atoms with Gasteiger partial charge >= 0.3 is 0 Å². The Kier molecular flexibility index (Phi) is 5.47. The van der Waals surface area contributed by atoms with Gasteiger partial charge in [0.05, 0.1) is 4.88 Å². The second kappa shape index (κ2) is 8.43. The van der Waals surface area contributed by atoms with Gasteiger partial charge in [-0.1, -0.05) is 53.3 Å². The van der Waals surface area contributed by atoms with Crippen molar-refractivity contribution >= 4 is 33.3 Å². The molecule has 5 nitrogen and oxygen atoms in total. The first-order chi connectivity index (χ1) is 15.5. The minimum Gasteiger partial charge on any atom is -0.375 e. The second-order valence-corrected chi connectivity index (χ2v) is 9.94. The number of thiazole rings is 1. The van der Waals surface area contributed by atoms with Gasteiger partial charge in [0.25, 0.3) is 5.91 Å². The zero-order chi connectivity index (χ0) is 22.2. The fourth-order valence-corrected chi connectivity index (χ4v) is 5.08. The number of aryl methyl sites for hydroxylation is 2. The van der Waals surface area contributed by atoms with E-state index in [9.17, 15) is 4.79 Å². The Morgan fingerprint density at radius 1 is 1.19 bits per heavy atom. The van der Waals surface area contributed by atoms with Crippen LogP contribution in [0.1, 0.15) is 40.0 Å². The van der Waals surface area contributed by atoms with Crippen molar-refractivity contribution in [2.75, 3.05) is 18.8 Å². The Morgan fingerprint density at radius 2 is 2.00 bits per heavy atom. The number of hydrogen-bond donors (Lipinski definition) is 2. The third-order valence-electron chi connectivity index (χ3n) is 6.16. The molecule has 0 radical (unpaired) electrons. The van der Waals surface area contributed by atoms with E-state index in [1.54, 1.807) is 0 Å². The molecule has 0 unspecified atom stereocenters. The number of carbonyl (C=O) groups excluding carboxylic acids is 1. The molecule has 1 aliphatic carbocycles. The van der Waals surface area contributed by atoms with Crippen molar-refractivity contribution in [2.24, 2.45) is 5.92 Å². The molecule has 1 fully saturated rings. The van der Waals surface area contributed by atoms with Crippen LogP contribution in [0.3, 0.4) is 0 Å². The summed E-state index contributed by atoms with van der Waals surface area (Å²) in [6.45, 7) is 5.60. The Bertz CT molecular complexity index is 1280. The molecule has 4 aromatic rings. The number of nitrogens with two attached hydrogens (primary N) is 1. The van der Waals surface area contributed by atoms with Crippen LogP contribution in [0, 0.1) is 19.8 Å². The molecule has 164 valence electrons. The second-order valence-electron chi connectivity index (χ2n) is 8.91. The Balaban J connectivity index is 1.41. The number of aromatic amines is 1. The number of rotatable bonds is 7. The molecule has 1 saturated carbocycles. The van der Waals surface area contributed by atoms with E-state index in [2.05, 4.69) is 60.3 Å². The number of fused-ring (bicyclic) bond motifs is 1. The van der Waals surface area contributed by atoms with E-state index < -0.39 is 0 Å². The largest absolute Gasteiger partial charge is 0.375 e. The van der Waals surface area contributed by atoms with Gasteiger partial charge < -0.3 is 15.6 Å². The smallest absolute Gasteiger partial charge is 0.274 e. The quantitative estimate of drug-likeness (QED) is 0.390. The van der Waals surface area contributed by atoms with Crippen LogP contribution < -0.4 is 5.73 Å². The highest BCUT2D eigenvalue weighted by Crippen LogP contribution is 2.35. The molecule has 3 N–H and O–H groups in total. The van der Waals surface area contributed by atoms with Gasteiger partial charge in [0, 0.05) is 30.2 Å². The summed E-state index contributed by atoms with van der Waals surface area (Å²) in [4.78, 5) is 24.4. The molecule has 6 heteroatoms. The zero-order valence-corrected chi connectivity index (χ0v) is 19.3. The third kappa shape index (κ3) is 4.28. The van der Waals surface area contributed by atoms with Gasteiger partial charge in [-0.05, 0) is 61.8 Å². The van der Waals surface area contributed by atoms with Crippen LogP contribution in [-0.4, -0.2) is 33.9 Å². The van der Waals surface area contributed by atoms with Crippen molar-refractivity contribution in [1.82, 2.24) is 14.9 Å². The van der Waals surface area contributed by atoms with E-state index in [4.69, 9.17) is 5.73 Å². The van der Waals surface area contributed by atoms with Gasteiger partial charge in [0.15, 0.2) is 5.13 Å². The summed E-state index contributed by atoms with van der Waals surface area (Å²) >= 11 is 1.39. The van der Waals surface area contributed by atoms with Crippen LogP contribution in [-0.2, 0) is 6.42 Å². The summed E-state index contributed by atoms with van der Waals surface area (Å²) in [7, 11) is 0. The molecule has 0 atom stereocenters. The molecular weight excluding hydrogens is 416 g/mol. The van der Waals surface area contributed by atoms with E-state index in [1.165, 1.54) is 40.7 Å². The molecule has 2 heterocycles. The first-order valence-corrected chi connectivity index (χ1v) is 12.0. The summed E-state index contributed by atoms with van der Waals surface area (Å²) in [6, 6.07) is 14.6. The predicted molar refractivity (Wildman–Crippen MR) is 132 cm³/mol. The van der Waals surface area contributed by atoms with Crippen molar-refractivity contribution in [3.05, 3.63) is 71.0 Å². The van der Waals surface area contributed by atoms with Crippen LogP contribution in [0.2, 0.25) is 0 Å². The van der Waals surface area contributed by atoms with E-state index in [0.717, 1.165) is 34.5 Å². The summed E-state index contributed by atoms with van der Waals surface area (Å²) in [5, 5.41) is 1.66. The fraction of sp³-hybridized carbons (Fsp3) is 0.308. The van der Waals surface area contributed by atoms with Crippen molar-refractivity contribution in [1.29, 1.82) is 0 Å². The van der Waals surface area contributed by atoms with E-state index in [-0.39, 0.29) is 5.91 Å². The lowest BCUT2D eigenvalue weighted by atomic mass is 10.1. The molecule has 1 amide bonds. The first kappa shape index (κ1) is 20.8. The molecule has 1 aliphatic rings. The van der Waals surface area contributed by atoms with E-state index in [1.807, 2.05) is 17.0 Å². The number of benzene rings is 2. The highest BCUT2D eigenvalue weighted by Gasteiger charge is 2.30. The third-order valence-corrected chi connectivity index (χ3v) is 7.10. The van der Waals surface area contributed by atoms with E-state index in [0.29, 0.717) is 23.3 Å². The van der Waals surface area contributed by atoms with Crippen molar-refractivity contribution in [2.45, 2.75) is 33.1 Å². The number of nitrogen functional groups attached to an aromatic ring is 1. The number of nitrogens with zero attached hydrogens (tertiary/aromatic N) is 2. The highest BCUT2D eigenvalue weighted by atomic mass is 32.1. The molecule has 0 saturated heterocycles. The lowest BCUT2D eigenvalue weighted by molar-refractivity contribution is 0.0745. The lowest BCUT2D eigenvalue weighted by Crippen LogP contribution is -2.35. The Hall–Kier alpha value is -3.12. The first-order valence-electron chi connectivity index (χ1n) is 11.2. The van der Waals surface area contributed by atoms with Crippen molar-refractivity contribution in [3.8, 4) is 10.4 Å². The number of H-pyrrole nitrogens is 1. The van der Waals surface area contributed by atoms with Gasteiger partial charge in [-0.15, -0.1) is 0 Å². The average Bonchev–Trinajstić information content (AvgIpc) is 3.38. The minimum absolute atomic E-state index is 0.0166. The normalized spacial score (nSPS) is 13.6. The highest BCUT2D eigenvalue weighted by molar-refractivity contribution is 7.19. The molecule has 2 aromatic carbocycles. The summed E-state index contributed by atoms with van der Waals surface area (Å²) in [6.07, 6.45) is 5.27. The molecule has 0 aliphatic heterocycles. The SMILES string of the molecule is Cc1cccc(-c2sc(N)nc2C(=O)N(CCc2c[nH]c3cc(C)ccc23)CC2CC2)c1. The monoisotopic (exact) mass is 444 g/mol. The van der Waals surface area contributed by atoms with Gasteiger partial charge in [0.2, 0.25) is 0 Å². The molecular formula is C26H28N4OS. The molecule has 32 heavy (non-hydrogen) atoms. The Labute approximate surface area is 192 Å². The molecule has 0 bridgehead atoms. The number of anilines is 1. The maximum absolute atomic E-state index is 13.7. The van der Waals surface area contributed by atoms with Crippen LogP contribution in [0.15, 0.2) is 48.7 Å². The van der Waals surface area contributed by atoms with Gasteiger partial charge in [-0.25, -0.2) is 4.98 Å². The van der Waals surface area contributed by atoms with Gasteiger partial charge in [0.1, 0.15) is 5.69 Å². The fourth-order valence-electron chi connectivity index (χ4n) is 4.26. The van der Waals surface area contributed by atoms with Crippen molar-refractivity contribution < 1.29 is 4.79 Å². The maximum atomic E-state index is 13.7. The standard InChI is InChI=1S/C26H28N4OS/c1-16-4-3-5-19(12-16)24-23(29-26(27)32-24)25(31)30(15-18-7-8-18)11-10-20-14-28-22-13-17(2)6-9-21(20)22/h3-6,9,12-14,18,28H,7-8,10-11,15H2,1-2H3,(H2,27,29). The maximum Gasteiger partial charge on any atom is 0.274 e. The average molecular weight is 445 g/mol. The number of amides is 1. The molecule has 5 rings (SSSR count). The van der Waals surface area contributed by atoms with Gasteiger partial charge in [-0.2, -0.15) is 0 Å². The summed E-state index contributed by atoms with van der Waals surface area (Å²) < 4.78 is 0. The summed E-state index contributed by atoms with van der Waals surface area (Å²) in [5.41, 5.74) is 12.3. The topological polar surface area (TPSA) is 75.0 Å². The van der Waals surface area contributed by atoms with Crippen LogP contribution in [0.4, 0.5) is 5.13 Å². The Morgan fingerprint density at radius 3 is 2.78 bits per heavy atom. The lowest BCUT2D eigenvalue weighted by Gasteiger charge is -2.22. The van der Waals surface area contributed by atoms with Crippen LogP contribution in [0.5, 0.6) is 0 Å². The minimum atomic E-state index is -0.0166. The molecule has 0 spiro atoms. The number of hydrogen-bond acceptors (Lipinski definition) is 4. The number of nitrogens with one attached hydrogen (secondary N) is 1. The number of aromatic nitrogens is 2.